The number of nitrogens with one attached hydrogen (secondary N) is 1. The molecule has 0 radical (unpaired) electrons. The summed E-state index contributed by atoms with van der Waals surface area (Å²) in [6.07, 6.45) is 6.65. The Morgan fingerprint density at radius 3 is 2.52 bits per heavy atom. The van der Waals surface area contributed by atoms with Crippen LogP contribution in [0, 0.1) is 5.41 Å². The van der Waals surface area contributed by atoms with Crippen molar-refractivity contribution in [2.75, 3.05) is 6.54 Å². The molecule has 1 aromatic heterocycles. The smallest absolute Gasteiger partial charge is 0.352 e. The Bertz CT molecular complexity index is 627. The third kappa shape index (κ3) is 3.29. The summed E-state index contributed by atoms with van der Waals surface area (Å²) < 4.78 is 28.6. The van der Waals surface area contributed by atoms with Gasteiger partial charge in [0, 0.05) is 19.8 Å². The minimum Gasteiger partial charge on any atom is -0.477 e. The number of hydrogen-bond donors (Lipinski definition) is 2. The Morgan fingerprint density at radius 1 is 1.43 bits per heavy atom. The van der Waals surface area contributed by atoms with E-state index in [4.69, 9.17) is 5.11 Å². The monoisotopic (exact) mass is 314 g/mol. The molecule has 0 spiro atoms. The molecule has 118 valence electrons. The number of hydrogen-bond acceptors (Lipinski definition) is 3. The fraction of sp³-hybridized carbons (Fsp3) is 0.643. The number of sulfonamides is 1. The standard InChI is InChI=1S/C14H22N2O4S/c1-3-14(6-4-5-7-14)10-15-21(19,20)11-8-12(13(17)18)16(2)9-11/h8-9,15H,3-7,10H2,1-2H3,(H,17,18). The number of aromatic carboxylic acids is 1. The zero-order valence-corrected chi connectivity index (χ0v) is 13.2. The van der Waals surface area contributed by atoms with Gasteiger partial charge in [0.15, 0.2) is 0 Å². The second-order valence-electron chi connectivity index (χ2n) is 5.86. The van der Waals surface area contributed by atoms with Crippen LogP contribution in [0.5, 0.6) is 0 Å². The topological polar surface area (TPSA) is 88.4 Å². The molecule has 0 saturated heterocycles. The lowest BCUT2D eigenvalue weighted by atomic mass is 9.84. The first-order valence-electron chi connectivity index (χ1n) is 7.19. The van der Waals surface area contributed by atoms with Crippen molar-refractivity contribution in [1.82, 2.24) is 9.29 Å². The van der Waals surface area contributed by atoms with Crippen LogP contribution in [0.25, 0.3) is 0 Å². The van der Waals surface area contributed by atoms with Crippen LogP contribution in [0.2, 0.25) is 0 Å². The lowest BCUT2D eigenvalue weighted by Crippen LogP contribution is -2.35. The highest BCUT2D eigenvalue weighted by Crippen LogP contribution is 2.40. The van der Waals surface area contributed by atoms with Gasteiger partial charge < -0.3 is 9.67 Å². The molecule has 0 aliphatic heterocycles. The van der Waals surface area contributed by atoms with E-state index in [1.54, 1.807) is 0 Å². The first-order chi connectivity index (χ1) is 9.80. The third-order valence-corrected chi connectivity index (χ3v) is 5.93. The van der Waals surface area contributed by atoms with E-state index in [2.05, 4.69) is 11.6 Å². The molecule has 6 nitrogen and oxygen atoms in total. The van der Waals surface area contributed by atoms with Crippen LogP contribution in [0.15, 0.2) is 17.2 Å². The number of aryl methyl sites for hydroxylation is 1. The van der Waals surface area contributed by atoms with Gasteiger partial charge in [-0.25, -0.2) is 17.9 Å². The van der Waals surface area contributed by atoms with Crippen LogP contribution in [-0.4, -0.2) is 30.6 Å². The highest BCUT2D eigenvalue weighted by Gasteiger charge is 2.33. The largest absolute Gasteiger partial charge is 0.477 e. The van der Waals surface area contributed by atoms with Gasteiger partial charge >= 0.3 is 5.97 Å². The normalized spacial score (nSPS) is 18.0. The molecule has 2 N–H and O–H groups in total. The number of rotatable bonds is 6. The van der Waals surface area contributed by atoms with Crippen molar-refractivity contribution in [2.24, 2.45) is 12.5 Å². The van der Waals surface area contributed by atoms with Crippen molar-refractivity contribution in [3.63, 3.8) is 0 Å². The first kappa shape index (κ1) is 16.0. The second-order valence-corrected chi connectivity index (χ2v) is 7.63. The molecule has 1 fully saturated rings. The zero-order chi connectivity index (χ0) is 15.7. The first-order valence-corrected chi connectivity index (χ1v) is 8.67. The summed E-state index contributed by atoms with van der Waals surface area (Å²) in [5.41, 5.74) is 0.0127. The molecule has 1 heterocycles. The van der Waals surface area contributed by atoms with Crippen molar-refractivity contribution in [3.8, 4) is 0 Å². The molecule has 0 aromatic carbocycles. The lowest BCUT2D eigenvalue weighted by molar-refractivity contribution is 0.0686. The van der Waals surface area contributed by atoms with Gasteiger partial charge in [-0.2, -0.15) is 0 Å². The van der Waals surface area contributed by atoms with Gasteiger partial charge in [-0.1, -0.05) is 19.8 Å². The molecule has 1 aliphatic rings. The van der Waals surface area contributed by atoms with Crippen molar-refractivity contribution in [3.05, 3.63) is 18.0 Å². The molecule has 0 unspecified atom stereocenters. The van der Waals surface area contributed by atoms with Crippen molar-refractivity contribution >= 4 is 16.0 Å². The van der Waals surface area contributed by atoms with Crippen LogP contribution >= 0.6 is 0 Å². The Kier molecular flexibility index (Phi) is 4.43. The van der Waals surface area contributed by atoms with Gasteiger partial charge in [0.25, 0.3) is 0 Å². The van der Waals surface area contributed by atoms with Gasteiger partial charge in [-0.05, 0) is 30.7 Å². The number of nitrogens with zero attached hydrogens (tertiary/aromatic N) is 1. The van der Waals surface area contributed by atoms with E-state index in [-0.39, 0.29) is 16.0 Å². The summed E-state index contributed by atoms with van der Waals surface area (Å²) in [6, 6.07) is 1.19. The van der Waals surface area contributed by atoms with Crippen LogP contribution in [0.1, 0.15) is 49.5 Å². The maximum atomic E-state index is 12.3. The lowest BCUT2D eigenvalue weighted by Gasteiger charge is -2.27. The summed E-state index contributed by atoms with van der Waals surface area (Å²) in [5, 5.41) is 8.99. The molecule has 0 bridgehead atoms. The SMILES string of the molecule is CCC1(CNS(=O)(=O)c2cc(C(=O)O)n(C)c2)CCCC1. The highest BCUT2D eigenvalue weighted by atomic mass is 32.2. The van der Waals surface area contributed by atoms with Gasteiger partial charge in [0.2, 0.25) is 10.0 Å². The van der Waals surface area contributed by atoms with Crippen LogP contribution < -0.4 is 4.72 Å². The maximum absolute atomic E-state index is 12.3. The molecule has 1 aliphatic carbocycles. The summed E-state index contributed by atoms with van der Waals surface area (Å²) in [6.45, 7) is 2.51. The van der Waals surface area contributed by atoms with Gasteiger partial charge in [-0.15, -0.1) is 0 Å². The Labute approximate surface area is 125 Å². The maximum Gasteiger partial charge on any atom is 0.352 e. The summed E-state index contributed by atoms with van der Waals surface area (Å²) in [5.74, 6) is -1.14. The summed E-state index contributed by atoms with van der Waals surface area (Å²) >= 11 is 0. The molecule has 21 heavy (non-hydrogen) atoms. The van der Waals surface area contributed by atoms with E-state index in [1.807, 2.05) is 0 Å². The zero-order valence-electron chi connectivity index (χ0n) is 12.4. The van der Waals surface area contributed by atoms with Crippen molar-refractivity contribution in [2.45, 2.75) is 43.9 Å². The summed E-state index contributed by atoms with van der Waals surface area (Å²) in [4.78, 5) is 11.0. The minimum atomic E-state index is -3.67. The third-order valence-electron chi connectivity index (χ3n) is 4.56. The average Bonchev–Trinajstić information content (AvgIpc) is 3.04. The van der Waals surface area contributed by atoms with Gasteiger partial charge in [-0.3, -0.25) is 0 Å². The van der Waals surface area contributed by atoms with E-state index >= 15 is 0 Å². The number of carboxylic acids is 1. The highest BCUT2D eigenvalue weighted by molar-refractivity contribution is 7.89. The van der Waals surface area contributed by atoms with E-state index in [0.717, 1.165) is 32.1 Å². The summed E-state index contributed by atoms with van der Waals surface area (Å²) in [7, 11) is -2.14. The molecule has 1 saturated carbocycles. The van der Waals surface area contributed by atoms with E-state index in [0.29, 0.717) is 6.54 Å². The molecule has 0 atom stereocenters. The van der Waals surface area contributed by atoms with E-state index in [9.17, 15) is 13.2 Å². The van der Waals surface area contributed by atoms with Crippen LogP contribution in [-0.2, 0) is 17.1 Å². The van der Waals surface area contributed by atoms with Crippen molar-refractivity contribution in [1.29, 1.82) is 0 Å². The van der Waals surface area contributed by atoms with E-state index in [1.165, 1.54) is 23.9 Å². The Morgan fingerprint density at radius 2 is 2.05 bits per heavy atom. The number of carbonyl (C=O) groups is 1. The Balaban J connectivity index is 2.15. The predicted molar refractivity (Wildman–Crippen MR) is 78.8 cm³/mol. The number of aromatic nitrogens is 1. The molecule has 7 heteroatoms. The molecule has 2 rings (SSSR count). The fourth-order valence-electron chi connectivity index (χ4n) is 3.01. The van der Waals surface area contributed by atoms with E-state index < -0.39 is 16.0 Å². The molecular formula is C14H22N2O4S. The Hall–Kier alpha value is -1.34. The van der Waals surface area contributed by atoms with Gasteiger partial charge in [0.1, 0.15) is 10.6 Å². The second kappa shape index (κ2) is 5.81. The average molecular weight is 314 g/mol. The molecular weight excluding hydrogens is 292 g/mol. The fourth-order valence-corrected chi connectivity index (χ4v) is 4.23. The molecule has 1 aromatic rings. The van der Waals surface area contributed by atoms with Crippen LogP contribution in [0.3, 0.4) is 0 Å². The quantitative estimate of drug-likeness (QED) is 0.840. The molecule has 0 amide bonds. The van der Waals surface area contributed by atoms with Crippen molar-refractivity contribution < 1.29 is 18.3 Å². The predicted octanol–water partition coefficient (Wildman–Crippen LogP) is 1.97. The van der Waals surface area contributed by atoms with Gasteiger partial charge in [0.05, 0.1) is 0 Å². The minimum absolute atomic E-state index is 0.00616. The van der Waals surface area contributed by atoms with Crippen LogP contribution in [0.4, 0.5) is 0 Å². The number of carboxylic acid groups (broad SMARTS) is 1.